The smallest absolute Gasteiger partial charge is 0.230 e. The predicted molar refractivity (Wildman–Crippen MR) is 106 cm³/mol. The first-order valence-electron chi connectivity index (χ1n) is 9.19. The molecule has 0 unspecified atom stereocenters. The van der Waals surface area contributed by atoms with Crippen molar-refractivity contribution >= 4 is 29.0 Å². The van der Waals surface area contributed by atoms with Gasteiger partial charge in [0.15, 0.2) is 5.78 Å². The number of ketones is 1. The molecular formula is C22H18ClN3O. The minimum absolute atomic E-state index is 0.0623. The maximum Gasteiger partial charge on any atom is 0.230 e. The summed E-state index contributed by atoms with van der Waals surface area (Å²) >= 11 is 6.37. The Morgan fingerprint density at radius 3 is 2.74 bits per heavy atom. The fourth-order valence-electron chi connectivity index (χ4n) is 4.14. The van der Waals surface area contributed by atoms with Crippen molar-refractivity contribution in [3.63, 3.8) is 0 Å². The monoisotopic (exact) mass is 375 g/mol. The molecule has 1 atom stereocenters. The van der Waals surface area contributed by atoms with Crippen LogP contribution in [0.4, 0.5) is 11.6 Å². The highest BCUT2D eigenvalue weighted by atomic mass is 35.5. The SMILES string of the molecule is O=C1C[C@@H](c2ccccc2Cl)Cc2nc(N3CCc4ccccc43)ncc21. The van der Waals surface area contributed by atoms with Crippen molar-refractivity contribution in [3.05, 3.63) is 82.1 Å². The normalized spacial score (nSPS) is 18.3. The zero-order valence-electron chi connectivity index (χ0n) is 14.7. The van der Waals surface area contributed by atoms with E-state index in [1.54, 1.807) is 6.20 Å². The zero-order chi connectivity index (χ0) is 18.4. The number of nitrogens with zero attached hydrogens (tertiary/aromatic N) is 3. The lowest BCUT2D eigenvalue weighted by Gasteiger charge is -2.25. The van der Waals surface area contributed by atoms with Crippen molar-refractivity contribution in [1.29, 1.82) is 0 Å². The van der Waals surface area contributed by atoms with Gasteiger partial charge in [0, 0.05) is 29.9 Å². The fourth-order valence-corrected chi connectivity index (χ4v) is 4.43. The Morgan fingerprint density at radius 1 is 1.04 bits per heavy atom. The predicted octanol–water partition coefficient (Wildman–Crippen LogP) is 4.74. The number of benzene rings is 2. The van der Waals surface area contributed by atoms with Gasteiger partial charge >= 0.3 is 0 Å². The number of halogens is 1. The van der Waals surface area contributed by atoms with Crippen LogP contribution in [0, 0.1) is 0 Å². The summed E-state index contributed by atoms with van der Waals surface area (Å²) in [5, 5.41) is 0.710. The highest BCUT2D eigenvalue weighted by Crippen LogP contribution is 2.37. The van der Waals surface area contributed by atoms with Crippen molar-refractivity contribution in [2.45, 2.75) is 25.2 Å². The van der Waals surface area contributed by atoms with E-state index in [1.165, 1.54) is 5.56 Å². The van der Waals surface area contributed by atoms with Crippen LogP contribution in [0.5, 0.6) is 0 Å². The quantitative estimate of drug-likeness (QED) is 0.649. The van der Waals surface area contributed by atoms with Crippen LogP contribution in [0.3, 0.4) is 0 Å². The molecule has 2 aromatic carbocycles. The van der Waals surface area contributed by atoms with Crippen LogP contribution in [-0.4, -0.2) is 22.3 Å². The second-order valence-electron chi connectivity index (χ2n) is 7.11. The van der Waals surface area contributed by atoms with Gasteiger partial charge in [-0.15, -0.1) is 0 Å². The van der Waals surface area contributed by atoms with E-state index in [-0.39, 0.29) is 11.7 Å². The van der Waals surface area contributed by atoms with Gasteiger partial charge in [-0.05, 0) is 42.0 Å². The molecule has 4 nitrogen and oxygen atoms in total. The van der Waals surface area contributed by atoms with Crippen LogP contribution in [-0.2, 0) is 12.8 Å². The van der Waals surface area contributed by atoms with Gasteiger partial charge in [0.1, 0.15) is 0 Å². The van der Waals surface area contributed by atoms with Crippen LogP contribution in [0.25, 0.3) is 0 Å². The van der Waals surface area contributed by atoms with Gasteiger partial charge in [0.25, 0.3) is 0 Å². The maximum absolute atomic E-state index is 12.7. The summed E-state index contributed by atoms with van der Waals surface area (Å²) in [5.41, 5.74) is 4.95. The average molecular weight is 376 g/mol. The number of carbonyl (C=O) groups excluding carboxylic acids is 1. The fraction of sp³-hybridized carbons (Fsp3) is 0.227. The highest BCUT2D eigenvalue weighted by molar-refractivity contribution is 6.31. The molecule has 3 aromatic rings. The van der Waals surface area contributed by atoms with E-state index in [4.69, 9.17) is 16.6 Å². The van der Waals surface area contributed by atoms with E-state index in [0.29, 0.717) is 29.4 Å². The van der Waals surface area contributed by atoms with Crippen LogP contribution in [0.15, 0.2) is 54.7 Å². The van der Waals surface area contributed by atoms with Gasteiger partial charge in [-0.2, -0.15) is 0 Å². The Bertz CT molecular complexity index is 1050. The van der Waals surface area contributed by atoms with Crippen molar-refractivity contribution in [3.8, 4) is 0 Å². The molecule has 1 aromatic heterocycles. The molecule has 0 amide bonds. The number of hydrogen-bond donors (Lipinski definition) is 0. The van der Waals surface area contributed by atoms with Crippen LogP contribution >= 0.6 is 11.6 Å². The third-order valence-electron chi connectivity index (χ3n) is 5.50. The first-order chi connectivity index (χ1) is 13.2. The Kier molecular flexibility index (Phi) is 3.94. The number of carbonyl (C=O) groups is 1. The zero-order valence-corrected chi connectivity index (χ0v) is 15.5. The lowest BCUT2D eigenvalue weighted by molar-refractivity contribution is 0.0962. The van der Waals surface area contributed by atoms with Gasteiger partial charge in [-0.3, -0.25) is 4.79 Å². The van der Waals surface area contributed by atoms with E-state index < -0.39 is 0 Å². The van der Waals surface area contributed by atoms with Gasteiger partial charge in [0.05, 0.1) is 11.3 Å². The molecule has 0 fully saturated rings. The Labute approximate surface area is 162 Å². The number of hydrogen-bond acceptors (Lipinski definition) is 4. The number of Topliss-reactive ketones (excluding diaryl/α,β-unsaturated/α-hetero) is 1. The average Bonchev–Trinajstić information content (AvgIpc) is 3.12. The lowest BCUT2D eigenvalue weighted by atomic mass is 9.82. The van der Waals surface area contributed by atoms with E-state index in [9.17, 15) is 4.79 Å². The third-order valence-corrected chi connectivity index (χ3v) is 5.84. The van der Waals surface area contributed by atoms with Gasteiger partial charge in [-0.1, -0.05) is 48.0 Å². The third kappa shape index (κ3) is 2.81. The standard InChI is InChI=1S/C22H18ClN3O/c23-18-7-3-2-6-16(18)15-11-19-17(21(27)12-15)13-24-22(25-19)26-10-9-14-5-1-4-8-20(14)26/h1-8,13,15H,9-12H2/t15-/m0/s1. The number of rotatable bonds is 2. The lowest BCUT2D eigenvalue weighted by Crippen LogP contribution is -2.23. The molecule has 1 aliphatic carbocycles. The molecular weight excluding hydrogens is 358 g/mol. The van der Waals surface area contributed by atoms with Crippen molar-refractivity contribution in [2.24, 2.45) is 0 Å². The topological polar surface area (TPSA) is 46.1 Å². The van der Waals surface area contributed by atoms with E-state index >= 15 is 0 Å². The van der Waals surface area contributed by atoms with E-state index in [2.05, 4.69) is 28.1 Å². The summed E-state index contributed by atoms with van der Waals surface area (Å²) in [6.45, 7) is 0.861. The molecule has 2 aliphatic rings. The largest absolute Gasteiger partial charge is 0.310 e. The van der Waals surface area contributed by atoms with Crippen molar-refractivity contribution in [1.82, 2.24) is 9.97 Å². The molecule has 0 radical (unpaired) electrons. The van der Waals surface area contributed by atoms with Gasteiger partial charge in [-0.25, -0.2) is 9.97 Å². The summed E-state index contributed by atoms with van der Waals surface area (Å²) in [7, 11) is 0. The summed E-state index contributed by atoms with van der Waals surface area (Å²) in [6, 6.07) is 16.1. The summed E-state index contributed by atoms with van der Waals surface area (Å²) in [6.07, 6.45) is 3.84. The molecule has 2 heterocycles. The Balaban J connectivity index is 1.51. The van der Waals surface area contributed by atoms with E-state index in [1.807, 2.05) is 30.3 Å². The highest BCUT2D eigenvalue weighted by Gasteiger charge is 2.30. The van der Waals surface area contributed by atoms with Crippen LogP contribution in [0.2, 0.25) is 5.02 Å². The summed E-state index contributed by atoms with van der Waals surface area (Å²) in [5.74, 6) is 0.827. The number of anilines is 2. The minimum atomic E-state index is 0.0623. The molecule has 0 bridgehead atoms. The van der Waals surface area contributed by atoms with Crippen molar-refractivity contribution in [2.75, 3.05) is 11.4 Å². The van der Waals surface area contributed by atoms with Crippen LogP contribution < -0.4 is 4.90 Å². The minimum Gasteiger partial charge on any atom is -0.310 e. The first kappa shape index (κ1) is 16.5. The van der Waals surface area contributed by atoms with Crippen LogP contribution in [0.1, 0.15) is 39.5 Å². The molecule has 0 saturated heterocycles. The molecule has 134 valence electrons. The molecule has 0 N–H and O–H groups in total. The number of aromatic nitrogens is 2. The molecule has 1 aliphatic heterocycles. The molecule has 0 saturated carbocycles. The Hall–Kier alpha value is -2.72. The van der Waals surface area contributed by atoms with Crippen molar-refractivity contribution < 1.29 is 4.79 Å². The molecule has 0 spiro atoms. The number of fused-ring (bicyclic) bond motifs is 2. The van der Waals surface area contributed by atoms with Gasteiger partial charge < -0.3 is 4.90 Å². The Morgan fingerprint density at radius 2 is 1.85 bits per heavy atom. The summed E-state index contributed by atoms with van der Waals surface area (Å²) in [4.78, 5) is 24.1. The summed E-state index contributed by atoms with van der Waals surface area (Å²) < 4.78 is 0. The van der Waals surface area contributed by atoms with Gasteiger partial charge in [0.2, 0.25) is 5.95 Å². The molecule has 27 heavy (non-hydrogen) atoms. The maximum atomic E-state index is 12.7. The second-order valence-corrected chi connectivity index (χ2v) is 7.52. The first-order valence-corrected chi connectivity index (χ1v) is 9.57. The molecule has 5 rings (SSSR count). The second kappa shape index (κ2) is 6.46. The van der Waals surface area contributed by atoms with E-state index in [0.717, 1.165) is 29.9 Å². The molecule has 5 heteroatoms. The number of para-hydroxylation sites is 1.